The van der Waals surface area contributed by atoms with Gasteiger partial charge < -0.3 is 9.64 Å². The van der Waals surface area contributed by atoms with Gasteiger partial charge in [-0.3, -0.25) is 0 Å². The van der Waals surface area contributed by atoms with Gasteiger partial charge in [-0.15, -0.1) is 11.6 Å². The normalized spacial score (nSPS) is 36.4. The second-order valence-electron chi connectivity index (χ2n) is 4.77. The fourth-order valence-electron chi connectivity index (χ4n) is 2.47. The smallest absolute Gasteiger partial charge is 0.0500 e. The highest BCUT2D eigenvalue weighted by atomic mass is 35.5. The molecule has 2 saturated heterocycles. The monoisotopic (exact) mass is 217 g/mol. The number of nitrogens with zero attached hydrogens (tertiary/aromatic N) is 1. The lowest BCUT2D eigenvalue weighted by Gasteiger charge is -2.26. The van der Waals surface area contributed by atoms with E-state index in [1.54, 1.807) is 0 Å². The molecule has 82 valence electrons. The van der Waals surface area contributed by atoms with Crippen LogP contribution in [0.2, 0.25) is 0 Å². The van der Waals surface area contributed by atoms with Crippen molar-refractivity contribution in [2.24, 2.45) is 11.8 Å². The van der Waals surface area contributed by atoms with Crippen LogP contribution >= 0.6 is 11.6 Å². The molecule has 0 aliphatic carbocycles. The van der Waals surface area contributed by atoms with Crippen LogP contribution in [-0.4, -0.2) is 43.1 Å². The third-order valence-corrected chi connectivity index (χ3v) is 4.02. The highest BCUT2D eigenvalue weighted by molar-refractivity contribution is 6.21. The van der Waals surface area contributed by atoms with Crippen molar-refractivity contribution in [3.05, 3.63) is 0 Å². The Hall–Kier alpha value is 0.210. The summed E-state index contributed by atoms with van der Waals surface area (Å²) in [4.78, 5) is 2.53. The van der Waals surface area contributed by atoms with E-state index in [-0.39, 0.29) is 0 Å². The van der Waals surface area contributed by atoms with Crippen LogP contribution in [0, 0.1) is 11.8 Å². The van der Waals surface area contributed by atoms with Crippen LogP contribution in [0.15, 0.2) is 0 Å². The van der Waals surface area contributed by atoms with Crippen LogP contribution < -0.4 is 0 Å². The summed E-state index contributed by atoms with van der Waals surface area (Å²) in [5, 5.41) is 0.370. The largest absolute Gasteiger partial charge is 0.381 e. The Morgan fingerprint density at radius 1 is 1.29 bits per heavy atom. The van der Waals surface area contributed by atoms with E-state index in [0.29, 0.717) is 11.3 Å². The molecule has 0 saturated carbocycles. The SMILES string of the molecule is CC1CN(CC2CCOCC2)CC1Cl. The van der Waals surface area contributed by atoms with Crippen molar-refractivity contribution >= 4 is 11.6 Å². The summed E-state index contributed by atoms with van der Waals surface area (Å²) < 4.78 is 5.36. The minimum atomic E-state index is 0.370. The minimum Gasteiger partial charge on any atom is -0.381 e. The van der Waals surface area contributed by atoms with Crippen molar-refractivity contribution < 1.29 is 4.74 Å². The summed E-state index contributed by atoms with van der Waals surface area (Å²) in [5.74, 6) is 1.51. The van der Waals surface area contributed by atoms with Crippen molar-refractivity contribution in [2.75, 3.05) is 32.8 Å². The number of likely N-dealkylation sites (tertiary alicyclic amines) is 1. The van der Waals surface area contributed by atoms with Crippen LogP contribution in [0.5, 0.6) is 0 Å². The first-order chi connectivity index (χ1) is 6.75. The van der Waals surface area contributed by atoms with Gasteiger partial charge in [0.25, 0.3) is 0 Å². The number of alkyl halides is 1. The molecule has 0 bridgehead atoms. The van der Waals surface area contributed by atoms with Crippen molar-refractivity contribution in [2.45, 2.75) is 25.1 Å². The fourth-order valence-corrected chi connectivity index (χ4v) is 2.74. The average Bonchev–Trinajstić information content (AvgIpc) is 2.47. The van der Waals surface area contributed by atoms with Gasteiger partial charge in [0.15, 0.2) is 0 Å². The average molecular weight is 218 g/mol. The van der Waals surface area contributed by atoms with Gasteiger partial charge >= 0.3 is 0 Å². The van der Waals surface area contributed by atoms with Crippen molar-refractivity contribution in [3.63, 3.8) is 0 Å². The number of hydrogen-bond donors (Lipinski definition) is 0. The summed E-state index contributed by atoms with van der Waals surface area (Å²) in [7, 11) is 0. The molecule has 0 spiro atoms. The van der Waals surface area contributed by atoms with Crippen LogP contribution in [0.4, 0.5) is 0 Å². The molecule has 0 N–H and O–H groups in total. The van der Waals surface area contributed by atoms with E-state index >= 15 is 0 Å². The molecule has 0 amide bonds. The Bertz CT molecular complexity index is 172. The predicted molar refractivity (Wildman–Crippen MR) is 58.8 cm³/mol. The fraction of sp³-hybridized carbons (Fsp3) is 1.00. The van der Waals surface area contributed by atoms with E-state index in [1.165, 1.54) is 25.9 Å². The molecule has 0 aromatic heterocycles. The standard InChI is InChI=1S/C11H20ClNO/c1-9-6-13(8-11(9)12)7-10-2-4-14-5-3-10/h9-11H,2-8H2,1H3. The number of hydrogen-bond acceptors (Lipinski definition) is 2. The molecule has 0 aromatic carbocycles. The van der Waals surface area contributed by atoms with E-state index in [0.717, 1.165) is 25.7 Å². The van der Waals surface area contributed by atoms with Crippen molar-refractivity contribution in [1.29, 1.82) is 0 Å². The molecule has 2 aliphatic rings. The molecule has 2 rings (SSSR count). The van der Waals surface area contributed by atoms with Crippen LogP contribution in [-0.2, 0) is 4.74 Å². The summed E-state index contributed by atoms with van der Waals surface area (Å²) in [6.45, 7) is 7.67. The van der Waals surface area contributed by atoms with E-state index < -0.39 is 0 Å². The lowest BCUT2D eigenvalue weighted by atomic mass is 10.00. The van der Waals surface area contributed by atoms with Gasteiger partial charge in [0, 0.05) is 32.8 Å². The van der Waals surface area contributed by atoms with Crippen molar-refractivity contribution in [1.82, 2.24) is 4.90 Å². The Morgan fingerprint density at radius 3 is 2.57 bits per heavy atom. The maximum absolute atomic E-state index is 6.21. The van der Waals surface area contributed by atoms with Crippen LogP contribution in [0.1, 0.15) is 19.8 Å². The Kier molecular flexibility index (Phi) is 3.69. The Labute approximate surface area is 91.6 Å². The zero-order chi connectivity index (χ0) is 9.97. The first-order valence-corrected chi connectivity index (χ1v) is 6.13. The molecule has 2 heterocycles. The summed E-state index contributed by atoms with van der Waals surface area (Å²) in [6, 6.07) is 0. The first-order valence-electron chi connectivity index (χ1n) is 5.70. The highest BCUT2D eigenvalue weighted by Crippen LogP contribution is 2.24. The zero-order valence-corrected chi connectivity index (χ0v) is 9.67. The lowest BCUT2D eigenvalue weighted by Crippen LogP contribution is -2.31. The van der Waals surface area contributed by atoms with E-state index in [9.17, 15) is 0 Å². The molecule has 2 nitrogen and oxygen atoms in total. The minimum absolute atomic E-state index is 0.370. The van der Waals surface area contributed by atoms with Gasteiger partial charge in [-0.1, -0.05) is 6.92 Å². The van der Waals surface area contributed by atoms with Gasteiger partial charge in [-0.25, -0.2) is 0 Å². The first kappa shape index (κ1) is 10.7. The summed E-state index contributed by atoms with van der Waals surface area (Å²) >= 11 is 6.21. The predicted octanol–water partition coefficient (Wildman–Crippen LogP) is 1.97. The van der Waals surface area contributed by atoms with Gasteiger partial charge in [0.1, 0.15) is 0 Å². The highest BCUT2D eigenvalue weighted by Gasteiger charge is 2.29. The molecule has 0 aromatic rings. The summed E-state index contributed by atoms with van der Waals surface area (Å²) in [6.07, 6.45) is 2.47. The van der Waals surface area contributed by atoms with Crippen LogP contribution in [0.3, 0.4) is 0 Å². The lowest BCUT2D eigenvalue weighted by molar-refractivity contribution is 0.0552. The molecule has 2 atom stereocenters. The van der Waals surface area contributed by atoms with E-state index in [1.807, 2.05) is 0 Å². The molecule has 14 heavy (non-hydrogen) atoms. The molecular formula is C11H20ClNO. The quantitative estimate of drug-likeness (QED) is 0.656. The van der Waals surface area contributed by atoms with E-state index in [4.69, 9.17) is 16.3 Å². The van der Waals surface area contributed by atoms with Gasteiger partial charge in [0.05, 0.1) is 5.38 Å². The number of rotatable bonds is 2. The molecule has 0 radical (unpaired) electrons. The molecule has 2 aliphatic heterocycles. The topological polar surface area (TPSA) is 12.5 Å². The second-order valence-corrected chi connectivity index (χ2v) is 5.33. The van der Waals surface area contributed by atoms with Crippen molar-refractivity contribution in [3.8, 4) is 0 Å². The molecule has 2 fully saturated rings. The Balaban J connectivity index is 1.74. The number of ether oxygens (including phenoxy) is 1. The summed E-state index contributed by atoms with van der Waals surface area (Å²) in [5.41, 5.74) is 0. The van der Waals surface area contributed by atoms with Crippen LogP contribution in [0.25, 0.3) is 0 Å². The van der Waals surface area contributed by atoms with Gasteiger partial charge in [0.2, 0.25) is 0 Å². The van der Waals surface area contributed by atoms with Gasteiger partial charge in [-0.05, 0) is 24.7 Å². The third-order valence-electron chi connectivity index (χ3n) is 3.45. The maximum Gasteiger partial charge on any atom is 0.0500 e. The maximum atomic E-state index is 6.21. The second kappa shape index (κ2) is 4.82. The molecule has 2 unspecified atom stereocenters. The third kappa shape index (κ3) is 2.62. The molecule has 3 heteroatoms. The van der Waals surface area contributed by atoms with Gasteiger partial charge in [-0.2, -0.15) is 0 Å². The van der Waals surface area contributed by atoms with E-state index in [2.05, 4.69) is 11.8 Å². The zero-order valence-electron chi connectivity index (χ0n) is 8.92. The number of halogens is 1. The molecular weight excluding hydrogens is 198 g/mol. The Morgan fingerprint density at radius 2 is 2.00 bits per heavy atom.